The molecule has 1 aromatic rings. The first-order chi connectivity index (χ1) is 8.37. The second-order valence-corrected chi connectivity index (χ2v) is 6.19. The number of rotatable bonds is 3. The van der Waals surface area contributed by atoms with Gasteiger partial charge in [0.1, 0.15) is 0 Å². The molecule has 5 heteroatoms. The summed E-state index contributed by atoms with van der Waals surface area (Å²) < 4.78 is 27.0. The third-order valence-corrected chi connectivity index (χ3v) is 4.40. The van der Waals surface area contributed by atoms with Crippen molar-refractivity contribution in [3.05, 3.63) is 27.2 Å². The van der Waals surface area contributed by atoms with Gasteiger partial charge >= 0.3 is 0 Å². The van der Waals surface area contributed by atoms with Crippen LogP contribution in [0.1, 0.15) is 24.8 Å². The van der Waals surface area contributed by atoms with Gasteiger partial charge in [-0.15, -0.1) is 0 Å². The SMILES string of the molecule is Cc1cc(Br)c(NCC2CCC(F)(F)C2)cc1Cl. The van der Waals surface area contributed by atoms with Crippen LogP contribution in [-0.2, 0) is 0 Å². The lowest BCUT2D eigenvalue weighted by molar-refractivity contribution is 0.00556. The molecular weight excluding hydrogens is 324 g/mol. The summed E-state index contributed by atoms with van der Waals surface area (Å²) in [5.41, 5.74) is 1.85. The number of alkyl halides is 2. The maximum atomic E-state index is 13.1. The molecular formula is C13H15BrClF2N. The van der Waals surface area contributed by atoms with Crippen molar-refractivity contribution in [2.45, 2.75) is 32.1 Å². The molecule has 1 aliphatic carbocycles. The molecule has 0 heterocycles. The Bertz CT molecular complexity index is 451. The molecule has 0 spiro atoms. The lowest BCUT2D eigenvalue weighted by atomic mass is 10.1. The summed E-state index contributed by atoms with van der Waals surface area (Å²) in [4.78, 5) is 0. The predicted octanol–water partition coefficient (Wildman–Crippen LogP) is 5.26. The third kappa shape index (κ3) is 3.35. The minimum atomic E-state index is -2.48. The van der Waals surface area contributed by atoms with Gasteiger partial charge in [-0.05, 0) is 52.9 Å². The first-order valence-electron chi connectivity index (χ1n) is 5.95. The predicted molar refractivity (Wildman–Crippen MR) is 74.7 cm³/mol. The Labute approximate surface area is 119 Å². The van der Waals surface area contributed by atoms with Crippen LogP contribution in [0.3, 0.4) is 0 Å². The number of anilines is 1. The first-order valence-corrected chi connectivity index (χ1v) is 7.12. The van der Waals surface area contributed by atoms with E-state index in [1.54, 1.807) is 0 Å². The molecule has 0 aliphatic heterocycles. The number of benzene rings is 1. The highest BCUT2D eigenvalue weighted by atomic mass is 79.9. The van der Waals surface area contributed by atoms with Crippen LogP contribution in [0.25, 0.3) is 0 Å². The van der Waals surface area contributed by atoms with Gasteiger partial charge in [0.2, 0.25) is 5.92 Å². The molecule has 1 atom stereocenters. The van der Waals surface area contributed by atoms with Crippen molar-refractivity contribution in [3.8, 4) is 0 Å². The maximum absolute atomic E-state index is 13.1. The minimum Gasteiger partial charge on any atom is -0.384 e. The van der Waals surface area contributed by atoms with Crippen LogP contribution >= 0.6 is 27.5 Å². The van der Waals surface area contributed by atoms with E-state index in [2.05, 4.69) is 21.2 Å². The molecule has 2 rings (SSSR count). The molecule has 0 radical (unpaired) electrons. The van der Waals surface area contributed by atoms with Gasteiger partial charge < -0.3 is 5.32 Å². The van der Waals surface area contributed by atoms with E-state index < -0.39 is 5.92 Å². The maximum Gasteiger partial charge on any atom is 0.248 e. The summed E-state index contributed by atoms with van der Waals surface area (Å²) in [5, 5.41) is 3.87. The van der Waals surface area contributed by atoms with Crippen LogP contribution in [0.15, 0.2) is 16.6 Å². The second-order valence-electron chi connectivity index (χ2n) is 4.93. The zero-order chi connectivity index (χ0) is 13.3. The van der Waals surface area contributed by atoms with Crippen LogP contribution in [0.2, 0.25) is 5.02 Å². The Kier molecular flexibility index (Phi) is 4.17. The second kappa shape index (κ2) is 5.33. The van der Waals surface area contributed by atoms with Gasteiger partial charge in [0.25, 0.3) is 0 Å². The summed E-state index contributed by atoms with van der Waals surface area (Å²) in [7, 11) is 0. The van der Waals surface area contributed by atoms with E-state index in [1.807, 2.05) is 19.1 Å². The molecule has 1 N–H and O–H groups in total. The highest BCUT2D eigenvalue weighted by Gasteiger charge is 2.39. The van der Waals surface area contributed by atoms with Crippen molar-refractivity contribution in [1.82, 2.24) is 0 Å². The highest BCUT2D eigenvalue weighted by molar-refractivity contribution is 9.10. The van der Waals surface area contributed by atoms with Crippen molar-refractivity contribution in [2.24, 2.45) is 5.92 Å². The Morgan fingerprint density at radius 3 is 2.83 bits per heavy atom. The van der Waals surface area contributed by atoms with Gasteiger partial charge in [0, 0.05) is 34.6 Å². The van der Waals surface area contributed by atoms with Gasteiger partial charge in [0.15, 0.2) is 0 Å². The number of hydrogen-bond donors (Lipinski definition) is 1. The zero-order valence-corrected chi connectivity index (χ0v) is 12.4. The lowest BCUT2D eigenvalue weighted by Crippen LogP contribution is -2.15. The Balaban J connectivity index is 1.97. The van der Waals surface area contributed by atoms with Gasteiger partial charge in [-0.3, -0.25) is 0 Å². The fourth-order valence-corrected chi connectivity index (χ4v) is 3.01. The lowest BCUT2D eigenvalue weighted by Gasteiger charge is -2.15. The fraction of sp³-hybridized carbons (Fsp3) is 0.538. The molecule has 1 fully saturated rings. The van der Waals surface area contributed by atoms with E-state index >= 15 is 0 Å². The average Bonchev–Trinajstić information content (AvgIpc) is 2.62. The molecule has 1 aliphatic rings. The molecule has 1 nitrogen and oxygen atoms in total. The van der Waals surface area contributed by atoms with Gasteiger partial charge in [-0.2, -0.15) is 0 Å². The van der Waals surface area contributed by atoms with Crippen LogP contribution in [0.4, 0.5) is 14.5 Å². The van der Waals surface area contributed by atoms with E-state index in [9.17, 15) is 8.78 Å². The molecule has 1 aromatic carbocycles. The minimum absolute atomic E-state index is 0.00910. The van der Waals surface area contributed by atoms with Gasteiger partial charge in [-0.1, -0.05) is 11.6 Å². The Morgan fingerprint density at radius 2 is 2.22 bits per heavy atom. The molecule has 100 valence electrons. The molecule has 1 saturated carbocycles. The standard InChI is InChI=1S/C13H15BrClF2N/c1-8-4-10(14)12(5-11(8)15)18-7-9-2-3-13(16,17)6-9/h4-5,9,18H,2-3,6-7H2,1H3. The summed E-state index contributed by atoms with van der Waals surface area (Å²) in [6.45, 7) is 2.49. The largest absolute Gasteiger partial charge is 0.384 e. The molecule has 0 bridgehead atoms. The smallest absolute Gasteiger partial charge is 0.248 e. The Morgan fingerprint density at radius 1 is 1.50 bits per heavy atom. The van der Waals surface area contributed by atoms with Crippen molar-refractivity contribution in [1.29, 1.82) is 0 Å². The van der Waals surface area contributed by atoms with E-state index in [-0.39, 0.29) is 18.8 Å². The number of nitrogens with one attached hydrogen (secondary N) is 1. The zero-order valence-electron chi connectivity index (χ0n) is 10.1. The van der Waals surface area contributed by atoms with Crippen molar-refractivity contribution >= 4 is 33.2 Å². The van der Waals surface area contributed by atoms with Crippen molar-refractivity contribution in [2.75, 3.05) is 11.9 Å². The first kappa shape index (κ1) is 14.1. The summed E-state index contributed by atoms with van der Waals surface area (Å²) in [6.07, 6.45) is 0.573. The van der Waals surface area contributed by atoms with E-state index in [0.29, 0.717) is 18.0 Å². The topological polar surface area (TPSA) is 12.0 Å². The summed E-state index contributed by atoms with van der Waals surface area (Å²) in [5.74, 6) is -2.44. The van der Waals surface area contributed by atoms with Gasteiger partial charge in [-0.25, -0.2) is 8.78 Å². The van der Waals surface area contributed by atoms with Crippen molar-refractivity contribution < 1.29 is 8.78 Å². The van der Waals surface area contributed by atoms with Crippen molar-refractivity contribution in [3.63, 3.8) is 0 Å². The van der Waals surface area contributed by atoms with E-state index in [1.165, 1.54) is 0 Å². The number of halogens is 4. The van der Waals surface area contributed by atoms with Crippen LogP contribution in [0.5, 0.6) is 0 Å². The summed E-state index contributed by atoms with van der Waals surface area (Å²) >= 11 is 9.49. The van der Waals surface area contributed by atoms with Crippen LogP contribution in [0, 0.1) is 12.8 Å². The molecule has 0 aromatic heterocycles. The van der Waals surface area contributed by atoms with E-state index in [0.717, 1.165) is 15.7 Å². The molecule has 18 heavy (non-hydrogen) atoms. The third-order valence-electron chi connectivity index (χ3n) is 3.34. The quantitative estimate of drug-likeness (QED) is 0.793. The van der Waals surface area contributed by atoms with Crippen LogP contribution < -0.4 is 5.32 Å². The Hall–Kier alpha value is -0.350. The van der Waals surface area contributed by atoms with Gasteiger partial charge in [0.05, 0.1) is 0 Å². The molecule has 0 amide bonds. The van der Waals surface area contributed by atoms with Crippen LogP contribution in [-0.4, -0.2) is 12.5 Å². The monoisotopic (exact) mass is 337 g/mol. The number of aryl methyl sites for hydroxylation is 1. The van der Waals surface area contributed by atoms with E-state index in [4.69, 9.17) is 11.6 Å². The normalized spacial score (nSPS) is 22.2. The summed E-state index contributed by atoms with van der Waals surface area (Å²) in [6, 6.07) is 3.75. The fourth-order valence-electron chi connectivity index (χ4n) is 2.25. The number of hydrogen-bond acceptors (Lipinski definition) is 1. The molecule has 1 unspecified atom stereocenters. The highest BCUT2D eigenvalue weighted by Crippen LogP contribution is 2.39. The average molecular weight is 339 g/mol. The molecule has 0 saturated heterocycles.